The fourth-order valence-corrected chi connectivity index (χ4v) is 2.60. The van der Waals surface area contributed by atoms with Crippen molar-refractivity contribution in [1.82, 2.24) is 5.43 Å². The van der Waals surface area contributed by atoms with Crippen LogP contribution in [-0.4, -0.2) is 6.04 Å². The Kier molecular flexibility index (Phi) is 6.99. The molecule has 1 aromatic carbocycles. The first-order valence-electron chi connectivity index (χ1n) is 7.20. The van der Waals surface area contributed by atoms with Crippen LogP contribution in [0.1, 0.15) is 57.9 Å². The van der Waals surface area contributed by atoms with Gasteiger partial charge in [0.1, 0.15) is 0 Å². The van der Waals surface area contributed by atoms with E-state index in [0.29, 0.717) is 12.0 Å². The predicted octanol–water partition coefficient (Wildman–Crippen LogP) is 3.84. The molecule has 1 aromatic rings. The van der Waals surface area contributed by atoms with Gasteiger partial charge in [-0.25, -0.2) is 0 Å². The Bertz CT molecular complexity index is 308. The lowest BCUT2D eigenvalue weighted by atomic mass is 9.86. The molecular weight excluding hydrogens is 220 g/mol. The van der Waals surface area contributed by atoms with Gasteiger partial charge in [-0.1, -0.05) is 63.9 Å². The van der Waals surface area contributed by atoms with E-state index < -0.39 is 0 Å². The second-order valence-corrected chi connectivity index (χ2v) is 5.52. The lowest BCUT2D eigenvalue weighted by Crippen LogP contribution is -2.39. The first-order chi connectivity index (χ1) is 8.69. The molecule has 0 bridgehead atoms. The molecule has 2 heteroatoms. The van der Waals surface area contributed by atoms with E-state index in [4.69, 9.17) is 5.84 Å². The SMILES string of the molecule is CCC(c1ccccc1)C(CCCC(C)C)NN. The average Bonchev–Trinajstić information content (AvgIpc) is 2.38. The van der Waals surface area contributed by atoms with Crippen LogP contribution in [0.5, 0.6) is 0 Å². The van der Waals surface area contributed by atoms with E-state index in [1.54, 1.807) is 0 Å². The van der Waals surface area contributed by atoms with Gasteiger partial charge in [0.2, 0.25) is 0 Å². The Morgan fingerprint density at radius 1 is 1.11 bits per heavy atom. The highest BCUT2D eigenvalue weighted by molar-refractivity contribution is 5.21. The zero-order valence-corrected chi connectivity index (χ0v) is 12.0. The van der Waals surface area contributed by atoms with E-state index in [1.807, 2.05) is 0 Å². The summed E-state index contributed by atoms with van der Waals surface area (Å²) in [4.78, 5) is 0. The second-order valence-electron chi connectivity index (χ2n) is 5.52. The van der Waals surface area contributed by atoms with Crippen LogP contribution < -0.4 is 11.3 Å². The Hall–Kier alpha value is -0.860. The molecule has 0 aliphatic rings. The lowest BCUT2D eigenvalue weighted by Gasteiger charge is -2.26. The number of nitrogens with two attached hydrogens (primary N) is 1. The minimum absolute atomic E-state index is 0.385. The van der Waals surface area contributed by atoms with Crippen LogP contribution in [0.25, 0.3) is 0 Å². The number of hydrogen-bond acceptors (Lipinski definition) is 2. The van der Waals surface area contributed by atoms with Gasteiger partial charge in [-0.05, 0) is 24.3 Å². The quantitative estimate of drug-likeness (QED) is 0.542. The maximum Gasteiger partial charge on any atom is 0.0279 e. The van der Waals surface area contributed by atoms with Crippen LogP contribution in [0.2, 0.25) is 0 Å². The number of hydrazine groups is 1. The molecule has 1 rings (SSSR count). The third-order valence-electron chi connectivity index (χ3n) is 3.66. The highest BCUT2D eigenvalue weighted by Crippen LogP contribution is 2.26. The maximum atomic E-state index is 5.75. The van der Waals surface area contributed by atoms with E-state index in [2.05, 4.69) is 56.5 Å². The molecule has 0 aromatic heterocycles. The van der Waals surface area contributed by atoms with Gasteiger partial charge in [0.05, 0.1) is 0 Å². The summed E-state index contributed by atoms with van der Waals surface area (Å²) >= 11 is 0. The molecule has 0 heterocycles. The Labute approximate surface area is 112 Å². The van der Waals surface area contributed by atoms with Gasteiger partial charge in [-0.3, -0.25) is 11.3 Å². The molecular formula is C16H28N2. The summed E-state index contributed by atoms with van der Waals surface area (Å²) in [6.45, 7) is 6.79. The Morgan fingerprint density at radius 3 is 2.28 bits per heavy atom. The third kappa shape index (κ3) is 4.79. The maximum absolute atomic E-state index is 5.75. The standard InChI is InChI=1S/C16H28N2/c1-4-15(14-10-6-5-7-11-14)16(18-17)12-8-9-13(2)3/h5-7,10-11,13,15-16,18H,4,8-9,12,17H2,1-3H3. The van der Waals surface area contributed by atoms with Crippen LogP contribution >= 0.6 is 0 Å². The largest absolute Gasteiger partial charge is 0.271 e. The summed E-state index contributed by atoms with van der Waals surface area (Å²) in [6, 6.07) is 11.1. The number of rotatable bonds is 8. The van der Waals surface area contributed by atoms with Gasteiger partial charge >= 0.3 is 0 Å². The molecule has 0 saturated heterocycles. The fourth-order valence-electron chi connectivity index (χ4n) is 2.60. The van der Waals surface area contributed by atoms with E-state index in [9.17, 15) is 0 Å². The minimum atomic E-state index is 0.385. The van der Waals surface area contributed by atoms with E-state index in [-0.39, 0.29) is 0 Å². The predicted molar refractivity (Wildman–Crippen MR) is 79.3 cm³/mol. The van der Waals surface area contributed by atoms with Crippen molar-refractivity contribution < 1.29 is 0 Å². The van der Waals surface area contributed by atoms with Crippen LogP contribution in [0, 0.1) is 5.92 Å². The summed E-state index contributed by atoms with van der Waals surface area (Å²) in [5.41, 5.74) is 4.42. The van der Waals surface area contributed by atoms with Crippen LogP contribution in [0.4, 0.5) is 0 Å². The van der Waals surface area contributed by atoms with Crippen LogP contribution in [0.3, 0.4) is 0 Å². The highest BCUT2D eigenvalue weighted by Gasteiger charge is 2.20. The number of benzene rings is 1. The zero-order chi connectivity index (χ0) is 13.4. The number of hydrogen-bond donors (Lipinski definition) is 2. The zero-order valence-electron chi connectivity index (χ0n) is 12.0. The van der Waals surface area contributed by atoms with Crippen molar-refractivity contribution >= 4 is 0 Å². The van der Waals surface area contributed by atoms with Gasteiger partial charge in [0.25, 0.3) is 0 Å². The van der Waals surface area contributed by atoms with Crippen LogP contribution in [-0.2, 0) is 0 Å². The van der Waals surface area contributed by atoms with Crippen molar-refractivity contribution in [3.8, 4) is 0 Å². The summed E-state index contributed by atoms with van der Waals surface area (Å²) in [5, 5.41) is 0. The summed E-state index contributed by atoms with van der Waals surface area (Å²) in [6.07, 6.45) is 4.81. The smallest absolute Gasteiger partial charge is 0.0279 e. The molecule has 0 saturated carbocycles. The molecule has 0 spiro atoms. The molecule has 102 valence electrons. The highest BCUT2D eigenvalue weighted by atomic mass is 15.2. The topological polar surface area (TPSA) is 38.0 Å². The molecule has 0 fully saturated rings. The van der Waals surface area contributed by atoms with Crippen molar-refractivity contribution in [2.24, 2.45) is 11.8 Å². The van der Waals surface area contributed by atoms with Gasteiger partial charge in [-0.15, -0.1) is 0 Å². The van der Waals surface area contributed by atoms with Gasteiger partial charge < -0.3 is 0 Å². The van der Waals surface area contributed by atoms with E-state index in [1.165, 1.54) is 18.4 Å². The molecule has 2 unspecified atom stereocenters. The molecule has 2 atom stereocenters. The first-order valence-corrected chi connectivity index (χ1v) is 7.20. The molecule has 3 N–H and O–H groups in total. The second kappa shape index (κ2) is 8.28. The van der Waals surface area contributed by atoms with Crippen molar-refractivity contribution in [3.63, 3.8) is 0 Å². The fraction of sp³-hybridized carbons (Fsp3) is 0.625. The molecule has 0 aliphatic heterocycles. The number of nitrogens with one attached hydrogen (secondary N) is 1. The van der Waals surface area contributed by atoms with Crippen molar-refractivity contribution in [2.75, 3.05) is 0 Å². The average molecular weight is 248 g/mol. The van der Waals surface area contributed by atoms with E-state index in [0.717, 1.165) is 18.8 Å². The third-order valence-corrected chi connectivity index (χ3v) is 3.66. The molecule has 0 radical (unpaired) electrons. The van der Waals surface area contributed by atoms with Crippen LogP contribution in [0.15, 0.2) is 30.3 Å². The van der Waals surface area contributed by atoms with Crippen molar-refractivity contribution in [1.29, 1.82) is 0 Å². The van der Waals surface area contributed by atoms with Crippen molar-refractivity contribution in [3.05, 3.63) is 35.9 Å². The summed E-state index contributed by atoms with van der Waals surface area (Å²) < 4.78 is 0. The molecule has 0 amide bonds. The van der Waals surface area contributed by atoms with Gasteiger partial charge in [0, 0.05) is 12.0 Å². The molecule has 0 aliphatic carbocycles. The monoisotopic (exact) mass is 248 g/mol. The molecule has 18 heavy (non-hydrogen) atoms. The normalized spacial score (nSPS) is 14.7. The van der Waals surface area contributed by atoms with Gasteiger partial charge in [0.15, 0.2) is 0 Å². The Morgan fingerprint density at radius 2 is 1.78 bits per heavy atom. The van der Waals surface area contributed by atoms with E-state index >= 15 is 0 Å². The minimum Gasteiger partial charge on any atom is -0.271 e. The van der Waals surface area contributed by atoms with Gasteiger partial charge in [-0.2, -0.15) is 0 Å². The Balaban J connectivity index is 2.60. The lowest BCUT2D eigenvalue weighted by molar-refractivity contribution is 0.381. The summed E-state index contributed by atoms with van der Waals surface area (Å²) in [7, 11) is 0. The van der Waals surface area contributed by atoms with Crippen molar-refractivity contribution in [2.45, 2.75) is 58.4 Å². The first kappa shape index (κ1) is 15.2. The summed E-state index contributed by atoms with van der Waals surface area (Å²) in [5.74, 6) is 7.05. The molecule has 2 nitrogen and oxygen atoms in total.